The van der Waals surface area contributed by atoms with Crippen molar-refractivity contribution in [2.75, 3.05) is 0 Å². The second-order valence-electron chi connectivity index (χ2n) is 8.25. The molecular weight excluding hydrogens is 473 g/mol. The molecule has 0 radical (unpaired) electrons. The van der Waals surface area contributed by atoms with Gasteiger partial charge in [-0.2, -0.15) is 13.2 Å². The number of alkyl halides is 3. The molecule has 4 rings (SSSR count). The summed E-state index contributed by atoms with van der Waals surface area (Å²) in [4.78, 5) is 10.5. The zero-order valence-electron chi connectivity index (χ0n) is 19.6. The van der Waals surface area contributed by atoms with Gasteiger partial charge in [0.15, 0.2) is 5.16 Å². The number of thioether (sulfide) groups is 1. The van der Waals surface area contributed by atoms with Crippen molar-refractivity contribution in [3.05, 3.63) is 88.5 Å². The number of imidazole rings is 1. The van der Waals surface area contributed by atoms with Gasteiger partial charge in [-0.05, 0) is 49.4 Å². The van der Waals surface area contributed by atoms with Crippen LogP contribution in [0.3, 0.4) is 0 Å². The molecule has 1 aromatic carbocycles. The number of nitrogens with one attached hydrogen (secondary N) is 2. The first-order chi connectivity index (χ1) is 16.8. The van der Waals surface area contributed by atoms with Crippen LogP contribution in [0.2, 0.25) is 0 Å². The molecule has 35 heavy (non-hydrogen) atoms. The lowest BCUT2D eigenvalue weighted by Gasteiger charge is -2.11. The third kappa shape index (κ3) is 6.25. The van der Waals surface area contributed by atoms with Gasteiger partial charge in [-0.1, -0.05) is 42.1 Å². The van der Waals surface area contributed by atoms with E-state index in [0.717, 1.165) is 47.2 Å². The normalized spacial score (nSPS) is 12.1. The van der Waals surface area contributed by atoms with Crippen LogP contribution in [0.4, 0.5) is 13.2 Å². The minimum absolute atomic E-state index is 0.371. The second-order valence-corrected chi connectivity index (χ2v) is 9.19. The van der Waals surface area contributed by atoms with E-state index in [9.17, 15) is 13.2 Å². The molecule has 0 spiro atoms. The zero-order valence-corrected chi connectivity index (χ0v) is 20.4. The summed E-state index contributed by atoms with van der Waals surface area (Å²) < 4.78 is 41.4. The molecule has 0 fully saturated rings. The first-order valence-corrected chi connectivity index (χ1v) is 12.3. The van der Waals surface area contributed by atoms with E-state index in [1.54, 1.807) is 12.4 Å². The maximum atomic E-state index is 13.1. The highest BCUT2D eigenvalue weighted by Gasteiger charge is 2.30. The first-order valence-electron chi connectivity index (χ1n) is 11.3. The summed E-state index contributed by atoms with van der Waals surface area (Å²) in [6.07, 6.45) is 7.44. The number of halogens is 3. The Labute approximate surface area is 206 Å². The van der Waals surface area contributed by atoms with Crippen LogP contribution in [-0.4, -0.2) is 29.7 Å². The van der Waals surface area contributed by atoms with E-state index in [1.165, 1.54) is 23.9 Å². The lowest BCUT2D eigenvalue weighted by atomic mass is 10.1. The van der Waals surface area contributed by atoms with Gasteiger partial charge in [0.25, 0.3) is 0 Å². The molecule has 6 nitrogen and oxygen atoms in total. The van der Waals surface area contributed by atoms with Gasteiger partial charge < -0.3 is 14.5 Å². The van der Waals surface area contributed by atoms with Crippen LogP contribution in [0.5, 0.6) is 0 Å². The van der Waals surface area contributed by atoms with E-state index in [2.05, 4.69) is 35.8 Å². The number of aromatic nitrogens is 6. The van der Waals surface area contributed by atoms with Gasteiger partial charge in [0.1, 0.15) is 5.82 Å². The molecule has 0 amide bonds. The van der Waals surface area contributed by atoms with Crippen LogP contribution < -0.4 is 0 Å². The highest BCUT2D eigenvalue weighted by atomic mass is 32.2. The fraction of sp³-hybridized carbons (Fsp3) is 0.320. The third-order valence-electron chi connectivity index (χ3n) is 5.69. The summed E-state index contributed by atoms with van der Waals surface area (Å²) in [6, 6.07) is 5.43. The SMILES string of the molecule is C/C=C\c1c(Cc2nnc(SCc3cccc(C(F)(F)F)c3)n2CCCc2cnc[nH]2)c[nH]c1C. The van der Waals surface area contributed by atoms with E-state index < -0.39 is 11.7 Å². The smallest absolute Gasteiger partial charge is 0.364 e. The van der Waals surface area contributed by atoms with Crippen molar-refractivity contribution in [2.24, 2.45) is 0 Å². The predicted octanol–water partition coefficient (Wildman–Crippen LogP) is 6.21. The molecule has 0 bridgehead atoms. The number of nitrogens with zero attached hydrogens (tertiary/aromatic N) is 4. The quantitative estimate of drug-likeness (QED) is 0.254. The maximum absolute atomic E-state index is 13.1. The number of hydrogen-bond acceptors (Lipinski definition) is 4. The minimum Gasteiger partial charge on any atom is -0.364 e. The Morgan fingerprint density at radius 3 is 2.77 bits per heavy atom. The summed E-state index contributed by atoms with van der Waals surface area (Å²) in [5.74, 6) is 1.20. The number of H-pyrrole nitrogens is 2. The Hall–Kier alpha value is -3.27. The zero-order chi connectivity index (χ0) is 24.8. The highest BCUT2D eigenvalue weighted by Crippen LogP contribution is 2.31. The van der Waals surface area contributed by atoms with Crippen LogP contribution in [-0.2, 0) is 31.3 Å². The molecule has 0 atom stereocenters. The topological polar surface area (TPSA) is 75.2 Å². The van der Waals surface area contributed by atoms with E-state index in [1.807, 2.05) is 32.3 Å². The lowest BCUT2D eigenvalue weighted by molar-refractivity contribution is -0.137. The van der Waals surface area contributed by atoms with Gasteiger partial charge >= 0.3 is 6.18 Å². The van der Waals surface area contributed by atoms with Gasteiger partial charge in [-0.15, -0.1) is 10.2 Å². The average Bonchev–Trinajstić information content (AvgIpc) is 3.56. The number of hydrogen-bond donors (Lipinski definition) is 2. The maximum Gasteiger partial charge on any atom is 0.416 e. The molecule has 4 aromatic rings. The molecule has 0 saturated carbocycles. The molecule has 10 heteroatoms. The summed E-state index contributed by atoms with van der Waals surface area (Å²) in [5.41, 5.74) is 4.35. The van der Waals surface area contributed by atoms with E-state index in [4.69, 9.17) is 0 Å². The Morgan fingerprint density at radius 2 is 2.03 bits per heavy atom. The summed E-state index contributed by atoms with van der Waals surface area (Å²) in [6.45, 7) is 4.70. The molecule has 0 aliphatic rings. The number of rotatable bonds is 10. The Kier molecular flexibility index (Phi) is 7.80. The molecule has 0 aliphatic heterocycles. The van der Waals surface area contributed by atoms with Crippen molar-refractivity contribution in [2.45, 2.75) is 56.7 Å². The molecule has 3 aromatic heterocycles. The Balaban J connectivity index is 1.55. The molecule has 184 valence electrons. The van der Waals surface area contributed by atoms with Crippen molar-refractivity contribution in [3.8, 4) is 0 Å². The lowest BCUT2D eigenvalue weighted by Crippen LogP contribution is -2.08. The molecular formula is C25H27F3N6S. The molecule has 0 saturated heterocycles. The van der Waals surface area contributed by atoms with Crippen molar-refractivity contribution >= 4 is 17.8 Å². The highest BCUT2D eigenvalue weighted by molar-refractivity contribution is 7.98. The number of aromatic amines is 2. The number of benzene rings is 1. The molecule has 3 heterocycles. The summed E-state index contributed by atoms with van der Waals surface area (Å²) >= 11 is 1.40. The van der Waals surface area contributed by atoms with Crippen molar-refractivity contribution in [3.63, 3.8) is 0 Å². The standard InChI is InChI=1S/C25H27F3N6S/c1-3-6-22-17(2)30-13-19(22)12-23-32-33-24(34(23)10-5-9-21-14-29-16-31-21)35-15-18-7-4-8-20(11-18)25(26,27)28/h3-4,6-8,11,13-14,16,30H,5,9-10,12,15H2,1-2H3,(H,29,31)/b6-3-. The minimum atomic E-state index is -4.36. The molecule has 2 N–H and O–H groups in total. The third-order valence-corrected chi connectivity index (χ3v) is 6.73. The van der Waals surface area contributed by atoms with Crippen LogP contribution in [0, 0.1) is 6.92 Å². The van der Waals surface area contributed by atoms with Crippen LogP contribution in [0.15, 0.2) is 54.2 Å². The van der Waals surface area contributed by atoms with Crippen LogP contribution in [0.1, 0.15) is 52.8 Å². The summed E-state index contributed by atoms with van der Waals surface area (Å²) in [5, 5.41) is 9.56. The van der Waals surface area contributed by atoms with E-state index in [0.29, 0.717) is 29.4 Å². The van der Waals surface area contributed by atoms with Crippen LogP contribution >= 0.6 is 11.8 Å². The fourth-order valence-corrected chi connectivity index (χ4v) is 4.85. The fourth-order valence-electron chi connectivity index (χ4n) is 3.92. The second kappa shape index (κ2) is 11.0. The molecule has 0 aliphatic carbocycles. The van der Waals surface area contributed by atoms with Crippen molar-refractivity contribution in [1.29, 1.82) is 0 Å². The van der Waals surface area contributed by atoms with Crippen molar-refractivity contribution < 1.29 is 13.2 Å². The van der Waals surface area contributed by atoms with E-state index in [-0.39, 0.29) is 0 Å². The number of aryl methyl sites for hydroxylation is 2. The van der Waals surface area contributed by atoms with Gasteiger partial charge in [0.2, 0.25) is 0 Å². The van der Waals surface area contributed by atoms with E-state index >= 15 is 0 Å². The monoisotopic (exact) mass is 500 g/mol. The van der Waals surface area contributed by atoms with Crippen LogP contribution in [0.25, 0.3) is 6.08 Å². The van der Waals surface area contributed by atoms with Gasteiger partial charge in [-0.25, -0.2) is 4.98 Å². The average molecular weight is 501 g/mol. The number of allylic oxidation sites excluding steroid dienone is 1. The van der Waals surface area contributed by atoms with Gasteiger partial charge in [0, 0.05) is 42.5 Å². The largest absolute Gasteiger partial charge is 0.416 e. The predicted molar refractivity (Wildman–Crippen MR) is 131 cm³/mol. The van der Waals surface area contributed by atoms with Gasteiger partial charge in [0.05, 0.1) is 11.9 Å². The van der Waals surface area contributed by atoms with Gasteiger partial charge in [-0.3, -0.25) is 0 Å². The first kappa shape index (κ1) is 24.8. The Bertz CT molecular complexity index is 1270. The van der Waals surface area contributed by atoms with Crippen molar-refractivity contribution in [1.82, 2.24) is 29.7 Å². The molecule has 0 unspecified atom stereocenters. The summed E-state index contributed by atoms with van der Waals surface area (Å²) in [7, 11) is 0. The Morgan fingerprint density at radius 1 is 1.17 bits per heavy atom.